The van der Waals surface area contributed by atoms with Gasteiger partial charge in [0.1, 0.15) is 0 Å². The first kappa shape index (κ1) is 13.6. The number of aromatic nitrogens is 1. The standard InChI is InChI=1S/C12H23N3S/c1-5-15(6-2)8-7-12-14-10(3)11(16-12)9-13-4/h13H,5-9H2,1-4H3. The third-order valence-electron chi connectivity index (χ3n) is 2.81. The molecule has 0 radical (unpaired) electrons. The van der Waals surface area contributed by atoms with Gasteiger partial charge in [0.15, 0.2) is 0 Å². The SMILES string of the molecule is CCN(CC)CCc1nc(C)c(CNC)s1. The molecule has 1 aromatic rings. The Kier molecular flexibility index (Phi) is 5.95. The molecule has 1 N–H and O–H groups in total. The van der Waals surface area contributed by atoms with Crippen LogP contribution in [0.25, 0.3) is 0 Å². The van der Waals surface area contributed by atoms with E-state index >= 15 is 0 Å². The molecule has 0 unspecified atom stereocenters. The normalized spacial score (nSPS) is 11.3. The number of hydrogen-bond acceptors (Lipinski definition) is 4. The van der Waals surface area contributed by atoms with Crippen LogP contribution in [0.15, 0.2) is 0 Å². The number of nitrogens with one attached hydrogen (secondary N) is 1. The lowest BCUT2D eigenvalue weighted by Gasteiger charge is -2.16. The Balaban J connectivity index is 2.51. The molecule has 0 saturated heterocycles. The highest BCUT2D eigenvalue weighted by molar-refractivity contribution is 7.11. The number of hydrogen-bond donors (Lipinski definition) is 1. The van der Waals surface area contributed by atoms with Gasteiger partial charge in [-0.05, 0) is 27.1 Å². The molecule has 0 aliphatic rings. The fraction of sp³-hybridized carbons (Fsp3) is 0.750. The molecule has 0 atom stereocenters. The van der Waals surface area contributed by atoms with Crippen LogP contribution in [0.4, 0.5) is 0 Å². The van der Waals surface area contributed by atoms with E-state index in [0.29, 0.717) is 0 Å². The summed E-state index contributed by atoms with van der Waals surface area (Å²) < 4.78 is 0. The van der Waals surface area contributed by atoms with Crippen LogP contribution in [0.2, 0.25) is 0 Å². The van der Waals surface area contributed by atoms with Crippen molar-refractivity contribution in [3.05, 3.63) is 15.6 Å². The van der Waals surface area contributed by atoms with E-state index in [1.165, 1.54) is 15.6 Å². The van der Waals surface area contributed by atoms with Gasteiger partial charge in [-0.2, -0.15) is 0 Å². The van der Waals surface area contributed by atoms with Gasteiger partial charge in [0.05, 0.1) is 10.7 Å². The molecule has 0 fully saturated rings. The lowest BCUT2D eigenvalue weighted by molar-refractivity contribution is 0.308. The highest BCUT2D eigenvalue weighted by Gasteiger charge is 2.07. The van der Waals surface area contributed by atoms with Crippen molar-refractivity contribution >= 4 is 11.3 Å². The molecule has 0 aliphatic carbocycles. The first-order valence-corrected chi connectivity index (χ1v) is 6.85. The minimum atomic E-state index is 0.939. The Morgan fingerprint density at radius 1 is 1.31 bits per heavy atom. The van der Waals surface area contributed by atoms with Gasteiger partial charge in [-0.15, -0.1) is 11.3 Å². The van der Waals surface area contributed by atoms with E-state index in [9.17, 15) is 0 Å². The molecule has 0 bridgehead atoms. The van der Waals surface area contributed by atoms with E-state index in [1.807, 2.05) is 18.4 Å². The topological polar surface area (TPSA) is 28.2 Å². The van der Waals surface area contributed by atoms with Crippen LogP contribution >= 0.6 is 11.3 Å². The second-order valence-electron chi connectivity index (χ2n) is 3.92. The van der Waals surface area contributed by atoms with Gasteiger partial charge >= 0.3 is 0 Å². The Morgan fingerprint density at radius 2 is 2.00 bits per heavy atom. The Bertz CT molecular complexity index is 305. The zero-order valence-electron chi connectivity index (χ0n) is 10.8. The third kappa shape index (κ3) is 3.85. The summed E-state index contributed by atoms with van der Waals surface area (Å²) in [5.41, 5.74) is 1.19. The summed E-state index contributed by atoms with van der Waals surface area (Å²) in [6.07, 6.45) is 1.08. The maximum atomic E-state index is 4.62. The van der Waals surface area contributed by atoms with Crippen LogP contribution in [0.3, 0.4) is 0 Å². The Morgan fingerprint density at radius 3 is 2.56 bits per heavy atom. The summed E-state index contributed by atoms with van der Waals surface area (Å²) in [6, 6.07) is 0. The van der Waals surface area contributed by atoms with Gasteiger partial charge in [-0.25, -0.2) is 4.98 Å². The Labute approximate surface area is 103 Å². The van der Waals surface area contributed by atoms with Crippen molar-refractivity contribution in [1.82, 2.24) is 15.2 Å². The van der Waals surface area contributed by atoms with Gasteiger partial charge in [0, 0.05) is 24.4 Å². The van der Waals surface area contributed by atoms with Crippen LogP contribution in [0.1, 0.15) is 29.4 Å². The van der Waals surface area contributed by atoms with Crippen LogP contribution < -0.4 is 5.32 Å². The Hall–Kier alpha value is -0.450. The highest BCUT2D eigenvalue weighted by Crippen LogP contribution is 2.18. The van der Waals surface area contributed by atoms with Crippen molar-refractivity contribution in [2.45, 2.75) is 33.7 Å². The van der Waals surface area contributed by atoms with E-state index < -0.39 is 0 Å². The summed E-state index contributed by atoms with van der Waals surface area (Å²) in [4.78, 5) is 8.43. The van der Waals surface area contributed by atoms with Crippen LogP contribution in [-0.2, 0) is 13.0 Å². The number of rotatable bonds is 7. The quantitative estimate of drug-likeness (QED) is 0.792. The van der Waals surface area contributed by atoms with E-state index in [4.69, 9.17) is 0 Å². The van der Waals surface area contributed by atoms with Gasteiger partial charge in [-0.3, -0.25) is 0 Å². The zero-order chi connectivity index (χ0) is 12.0. The largest absolute Gasteiger partial charge is 0.315 e. The van der Waals surface area contributed by atoms with Gasteiger partial charge in [0.2, 0.25) is 0 Å². The monoisotopic (exact) mass is 241 g/mol. The molecule has 16 heavy (non-hydrogen) atoms. The molecule has 0 spiro atoms. The molecular formula is C12H23N3S. The highest BCUT2D eigenvalue weighted by atomic mass is 32.1. The van der Waals surface area contributed by atoms with Crippen molar-refractivity contribution < 1.29 is 0 Å². The molecule has 0 saturated carbocycles. The van der Waals surface area contributed by atoms with Crippen LogP contribution in [0, 0.1) is 6.92 Å². The predicted octanol–water partition coefficient (Wildman–Crippen LogP) is 2.06. The predicted molar refractivity (Wildman–Crippen MR) is 71.1 cm³/mol. The van der Waals surface area contributed by atoms with Crippen molar-refractivity contribution in [2.24, 2.45) is 0 Å². The van der Waals surface area contributed by atoms with Crippen LogP contribution in [0.5, 0.6) is 0 Å². The fourth-order valence-corrected chi connectivity index (χ4v) is 2.78. The summed E-state index contributed by atoms with van der Waals surface area (Å²) in [5.74, 6) is 0. The molecule has 4 heteroatoms. The average Bonchev–Trinajstić information content (AvgIpc) is 2.62. The summed E-state index contributed by atoms with van der Waals surface area (Å²) in [7, 11) is 1.98. The van der Waals surface area contributed by atoms with Crippen molar-refractivity contribution in [3.8, 4) is 0 Å². The first-order chi connectivity index (χ1) is 7.71. The van der Waals surface area contributed by atoms with E-state index in [2.05, 4.69) is 36.0 Å². The van der Waals surface area contributed by atoms with E-state index in [1.54, 1.807) is 0 Å². The summed E-state index contributed by atoms with van der Waals surface area (Å²) in [6.45, 7) is 10.8. The van der Waals surface area contributed by atoms with Gasteiger partial charge in [0.25, 0.3) is 0 Å². The maximum absolute atomic E-state index is 4.62. The maximum Gasteiger partial charge on any atom is 0.0944 e. The van der Waals surface area contributed by atoms with Crippen molar-refractivity contribution in [2.75, 3.05) is 26.7 Å². The van der Waals surface area contributed by atoms with Crippen molar-refractivity contribution in [1.29, 1.82) is 0 Å². The lowest BCUT2D eigenvalue weighted by atomic mass is 10.3. The molecular weight excluding hydrogens is 218 g/mol. The summed E-state index contributed by atoms with van der Waals surface area (Å²) >= 11 is 1.85. The molecule has 1 aromatic heterocycles. The minimum absolute atomic E-state index is 0.939. The second kappa shape index (κ2) is 6.99. The lowest BCUT2D eigenvalue weighted by Crippen LogP contribution is -2.25. The van der Waals surface area contributed by atoms with Crippen LogP contribution in [-0.4, -0.2) is 36.6 Å². The minimum Gasteiger partial charge on any atom is -0.315 e. The molecule has 0 amide bonds. The zero-order valence-corrected chi connectivity index (χ0v) is 11.7. The molecule has 1 heterocycles. The summed E-state index contributed by atoms with van der Waals surface area (Å²) in [5, 5.41) is 4.46. The number of thiazole rings is 1. The number of aryl methyl sites for hydroxylation is 1. The van der Waals surface area contributed by atoms with E-state index in [-0.39, 0.29) is 0 Å². The average molecular weight is 241 g/mol. The van der Waals surface area contributed by atoms with Crippen molar-refractivity contribution in [3.63, 3.8) is 0 Å². The molecule has 92 valence electrons. The number of likely N-dealkylation sites (N-methyl/N-ethyl adjacent to an activating group) is 1. The molecule has 1 rings (SSSR count). The smallest absolute Gasteiger partial charge is 0.0944 e. The molecule has 3 nitrogen and oxygen atoms in total. The van der Waals surface area contributed by atoms with E-state index in [0.717, 1.165) is 32.6 Å². The second-order valence-corrected chi connectivity index (χ2v) is 5.09. The van der Waals surface area contributed by atoms with Gasteiger partial charge < -0.3 is 10.2 Å². The third-order valence-corrected chi connectivity index (χ3v) is 4.03. The molecule has 0 aliphatic heterocycles. The number of nitrogens with zero attached hydrogens (tertiary/aromatic N) is 2. The fourth-order valence-electron chi connectivity index (χ4n) is 1.71. The van der Waals surface area contributed by atoms with Gasteiger partial charge in [-0.1, -0.05) is 13.8 Å². The molecule has 0 aromatic carbocycles. The first-order valence-electron chi connectivity index (χ1n) is 6.03.